The van der Waals surface area contributed by atoms with Crippen LogP contribution in [-0.4, -0.2) is 32.5 Å². The molecule has 0 bridgehead atoms. The second kappa shape index (κ2) is 11.9. The van der Waals surface area contributed by atoms with Crippen LogP contribution in [0, 0.1) is 0 Å². The lowest BCUT2D eigenvalue weighted by Crippen LogP contribution is -2.24. The molecule has 0 saturated carbocycles. The summed E-state index contributed by atoms with van der Waals surface area (Å²) in [5.74, 6) is 0. The molecule has 4 heteroatoms. The molecule has 0 aliphatic rings. The van der Waals surface area contributed by atoms with Crippen molar-refractivity contribution in [2.45, 2.75) is 20.0 Å². The summed E-state index contributed by atoms with van der Waals surface area (Å²) < 4.78 is 15.9. The quantitative estimate of drug-likeness (QED) is 0.347. The van der Waals surface area contributed by atoms with Crippen LogP contribution in [0.2, 0.25) is 0 Å². The molecule has 0 N–H and O–H groups in total. The van der Waals surface area contributed by atoms with E-state index in [1.165, 1.54) is 0 Å². The number of hydrogen-bond donors (Lipinski definition) is 0. The highest BCUT2D eigenvalue weighted by atomic mass is 31.0. The van der Waals surface area contributed by atoms with Gasteiger partial charge >= 0.3 is 0 Å². The molecule has 0 spiro atoms. The average molecular weight is 232 g/mol. The summed E-state index contributed by atoms with van der Waals surface area (Å²) >= 11 is 0. The van der Waals surface area contributed by atoms with Gasteiger partial charge in [0.2, 0.25) is 0 Å². The lowest BCUT2D eigenvalue weighted by molar-refractivity contribution is -0.0183. The van der Waals surface area contributed by atoms with Crippen molar-refractivity contribution < 1.29 is 14.0 Å². The SMILES string of the molecule is C/C=C\COCC(COP)OC/C=C\C. The van der Waals surface area contributed by atoms with Gasteiger partial charge in [0.15, 0.2) is 0 Å². The van der Waals surface area contributed by atoms with Gasteiger partial charge < -0.3 is 14.0 Å². The van der Waals surface area contributed by atoms with E-state index in [2.05, 4.69) is 9.47 Å². The van der Waals surface area contributed by atoms with Gasteiger partial charge in [-0.05, 0) is 13.8 Å². The summed E-state index contributed by atoms with van der Waals surface area (Å²) in [7, 11) is 2.22. The van der Waals surface area contributed by atoms with Crippen molar-refractivity contribution in [3.05, 3.63) is 24.3 Å². The zero-order chi connectivity index (χ0) is 11.4. The van der Waals surface area contributed by atoms with E-state index in [9.17, 15) is 0 Å². The second-order valence-corrected chi connectivity index (χ2v) is 3.30. The molecule has 3 nitrogen and oxygen atoms in total. The zero-order valence-corrected chi connectivity index (χ0v) is 10.7. The van der Waals surface area contributed by atoms with Crippen molar-refractivity contribution in [2.75, 3.05) is 26.4 Å². The third kappa shape index (κ3) is 10.1. The molecule has 0 aliphatic heterocycles. The van der Waals surface area contributed by atoms with E-state index >= 15 is 0 Å². The van der Waals surface area contributed by atoms with Crippen LogP contribution >= 0.6 is 9.47 Å². The van der Waals surface area contributed by atoms with Crippen molar-refractivity contribution >= 4 is 9.47 Å². The van der Waals surface area contributed by atoms with Crippen LogP contribution in [0.3, 0.4) is 0 Å². The van der Waals surface area contributed by atoms with Gasteiger partial charge in [0.1, 0.15) is 6.10 Å². The van der Waals surface area contributed by atoms with E-state index in [0.29, 0.717) is 26.4 Å². The molecule has 0 aromatic carbocycles. The number of hydrogen-bond acceptors (Lipinski definition) is 3. The minimum atomic E-state index is -0.0102. The van der Waals surface area contributed by atoms with Crippen LogP contribution in [0.4, 0.5) is 0 Å². The van der Waals surface area contributed by atoms with Crippen molar-refractivity contribution in [3.63, 3.8) is 0 Å². The lowest BCUT2D eigenvalue weighted by atomic mass is 10.4. The first kappa shape index (κ1) is 14.8. The van der Waals surface area contributed by atoms with Gasteiger partial charge in [0, 0.05) is 9.47 Å². The van der Waals surface area contributed by atoms with Crippen molar-refractivity contribution in [1.29, 1.82) is 0 Å². The Kier molecular flexibility index (Phi) is 11.7. The molecule has 0 saturated heterocycles. The molecular formula is C11H21O3P. The number of allylic oxidation sites excluding steroid dienone is 2. The highest BCUT2D eigenvalue weighted by molar-refractivity contribution is 7.09. The predicted octanol–water partition coefficient (Wildman–Crippen LogP) is 2.35. The molecule has 0 rings (SSSR count). The molecule has 2 atom stereocenters. The first-order valence-corrected chi connectivity index (χ1v) is 5.55. The Morgan fingerprint density at radius 2 is 1.73 bits per heavy atom. The first-order valence-electron chi connectivity index (χ1n) is 5.08. The fraction of sp³-hybridized carbons (Fsp3) is 0.636. The summed E-state index contributed by atoms with van der Waals surface area (Å²) in [6, 6.07) is 0. The molecule has 2 unspecified atom stereocenters. The van der Waals surface area contributed by atoms with E-state index in [-0.39, 0.29) is 6.10 Å². The Labute approximate surface area is 94.8 Å². The van der Waals surface area contributed by atoms with Crippen molar-refractivity contribution in [1.82, 2.24) is 0 Å². The van der Waals surface area contributed by atoms with Crippen LogP contribution < -0.4 is 0 Å². The molecular weight excluding hydrogens is 211 g/mol. The average Bonchev–Trinajstić information content (AvgIpc) is 2.24. The number of ether oxygens (including phenoxy) is 2. The van der Waals surface area contributed by atoms with Crippen LogP contribution in [0.15, 0.2) is 24.3 Å². The molecule has 15 heavy (non-hydrogen) atoms. The molecule has 0 aromatic rings. The third-order valence-electron chi connectivity index (χ3n) is 1.70. The van der Waals surface area contributed by atoms with Gasteiger partial charge in [-0.2, -0.15) is 0 Å². The smallest absolute Gasteiger partial charge is 0.105 e. The minimum Gasteiger partial charge on any atom is -0.375 e. The highest BCUT2D eigenvalue weighted by Crippen LogP contribution is 1.99. The molecule has 0 aliphatic carbocycles. The second-order valence-electron chi connectivity index (χ2n) is 2.96. The minimum absolute atomic E-state index is 0.0102. The summed E-state index contributed by atoms with van der Waals surface area (Å²) in [6.07, 6.45) is 7.83. The molecule has 0 amide bonds. The fourth-order valence-corrected chi connectivity index (χ4v) is 1.12. The number of rotatable bonds is 9. The van der Waals surface area contributed by atoms with Crippen LogP contribution in [-0.2, 0) is 14.0 Å². The summed E-state index contributed by atoms with van der Waals surface area (Å²) in [4.78, 5) is 0. The van der Waals surface area contributed by atoms with Gasteiger partial charge in [-0.1, -0.05) is 24.3 Å². The van der Waals surface area contributed by atoms with Crippen LogP contribution in [0.25, 0.3) is 0 Å². The first-order chi connectivity index (χ1) is 7.35. The molecule has 0 fully saturated rings. The van der Waals surface area contributed by atoms with Gasteiger partial charge in [-0.25, -0.2) is 0 Å². The van der Waals surface area contributed by atoms with Gasteiger partial charge in [0.05, 0.1) is 26.4 Å². The standard InChI is InChI=1S/C11H21O3P/c1-3-5-7-12-9-11(10-14-15)13-8-6-4-2/h3-6,11H,7-10,15H2,1-2H3/b5-3-,6-4-. The Morgan fingerprint density at radius 1 is 1.07 bits per heavy atom. The molecule has 88 valence electrons. The Balaban J connectivity index is 3.62. The molecule has 0 aromatic heterocycles. The summed E-state index contributed by atoms with van der Waals surface area (Å²) in [6.45, 7) is 6.23. The molecule has 0 radical (unpaired) electrons. The normalized spacial score (nSPS) is 14.1. The maximum Gasteiger partial charge on any atom is 0.105 e. The zero-order valence-electron chi connectivity index (χ0n) is 9.52. The maximum absolute atomic E-state index is 5.53. The molecule has 0 heterocycles. The third-order valence-corrected chi connectivity index (χ3v) is 1.89. The van der Waals surface area contributed by atoms with Crippen molar-refractivity contribution in [2.24, 2.45) is 0 Å². The van der Waals surface area contributed by atoms with E-state index in [4.69, 9.17) is 14.0 Å². The summed E-state index contributed by atoms with van der Waals surface area (Å²) in [5.41, 5.74) is 0. The van der Waals surface area contributed by atoms with E-state index in [1.807, 2.05) is 38.2 Å². The predicted molar refractivity (Wildman–Crippen MR) is 65.8 cm³/mol. The van der Waals surface area contributed by atoms with Crippen molar-refractivity contribution in [3.8, 4) is 0 Å². The van der Waals surface area contributed by atoms with Gasteiger partial charge in [-0.15, -0.1) is 0 Å². The Morgan fingerprint density at radius 3 is 2.33 bits per heavy atom. The van der Waals surface area contributed by atoms with E-state index in [1.54, 1.807) is 0 Å². The summed E-state index contributed by atoms with van der Waals surface area (Å²) in [5, 5.41) is 0. The largest absolute Gasteiger partial charge is 0.375 e. The van der Waals surface area contributed by atoms with Gasteiger partial charge in [-0.3, -0.25) is 0 Å². The maximum atomic E-state index is 5.53. The van der Waals surface area contributed by atoms with Gasteiger partial charge in [0.25, 0.3) is 0 Å². The van der Waals surface area contributed by atoms with E-state index < -0.39 is 0 Å². The highest BCUT2D eigenvalue weighted by Gasteiger charge is 2.07. The van der Waals surface area contributed by atoms with Crippen LogP contribution in [0.5, 0.6) is 0 Å². The Hall–Kier alpha value is -0.210. The van der Waals surface area contributed by atoms with Crippen LogP contribution in [0.1, 0.15) is 13.8 Å². The topological polar surface area (TPSA) is 27.7 Å². The van der Waals surface area contributed by atoms with E-state index in [0.717, 1.165) is 0 Å². The fourth-order valence-electron chi connectivity index (χ4n) is 0.903. The Bertz CT molecular complexity index is 181. The lowest BCUT2D eigenvalue weighted by Gasteiger charge is -2.15. The monoisotopic (exact) mass is 232 g/mol.